The van der Waals surface area contributed by atoms with Gasteiger partial charge in [0.05, 0.1) is 5.41 Å². The van der Waals surface area contributed by atoms with E-state index >= 15 is 0 Å². The standard InChI is InChI=1S/C17H24FNO2/c1-13(8-11-20)19-16(21)17(9-3-2-4-10-17)14-6-5-7-15(18)12-14/h5-7,12-13,20H,2-4,8-11H2,1H3,(H,19,21). The minimum absolute atomic E-state index is 0.0336. The van der Waals surface area contributed by atoms with E-state index in [-0.39, 0.29) is 24.4 Å². The third-order valence-electron chi connectivity index (χ3n) is 4.46. The number of carbonyl (C=O) groups is 1. The summed E-state index contributed by atoms with van der Waals surface area (Å²) in [6.07, 6.45) is 5.14. The Labute approximate surface area is 125 Å². The van der Waals surface area contributed by atoms with Crippen LogP contribution >= 0.6 is 0 Å². The van der Waals surface area contributed by atoms with Crippen molar-refractivity contribution in [2.75, 3.05) is 6.61 Å². The lowest BCUT2D eigenvalue weighted by Gasteiger charge is -2.37. The van der Waals surface area contributed by atoms with Gasteiger partial charge in [0.25, 0.3) is 0 Å². The fraction of sp³-hybridized carbons (Fsp3) is 0.588. The van der Waals surface area contributed by atoms with Gasteiger partial charge in [-0.2, -0.15) is 0 Å². The number of benzene rings is 1. The summed E-state index contributed by atoms with van der Waals surface area (Å²) >= 11 is 0. The molecule has 3 nitrogen and oxygen atoms in total. The summed E-state index contributed by atoms with van der Waals surface area (Å²) in [6.45, 7) is 1.94. The molecule has 4 heteroatoms. The van der Waals surface area contributed by atoms with Gasteiger partial charge in [0.15, 0.2) is 0 Å². The maximum Gasteiger partial charge on any atom is 0.230 e. The molecule has 0 radical (unpaired) electrons. The normalized spacial score (nSPS) is 19.0. The number of hydrogen-bond donors (Lipinski definition) is 2. The lowest BCUT2D eigenvalue weighted by molar-refractivity contribution is -0.128. The van der Waals surface area contributed by atoms with Gasteiger partial charge in [-0.05, 0) is 43.9 Å². The van der Waals surface area contributed by atoms with Gasteiger partial charge in [-0.1, -0.05) is 31.4 Å². The average molecular weight is 293 g/mol. The van der Waals surface area contributed by atoms with Crippen LogP contribution in [0.4, 0.5) is 4.39 Å². The highest BCUT2D eigenvalue weighted by Crippen LogP contribution is 2.40. The quantitative estimate of drug-likeness (QED) is 0.877. The van der Waals surface area contributed by atoms with Crippen LogP contribution in [0.15, 0.2) is 24.3 Å². The Balaban J connectivity index is 2.26. The Hall–Kier alpha value is -1.42. The van der Waals surface area contributed by atoms with E-state index in [0.717, 1.165) is 37.7 Å². The third kappa shape index (κ3) is 3.62. The van der Waals surface area contributed by atoms with E-state index in [2.05, 4.69) is 5.32 Å². The van der Waals surface area contributed by atoms with Crippen molar-refractivity contribution in [3.8, 4) is 0 Å². The maximum absolute atomic E-state index is 13.6. The van der Waals surface area contributed by atoms with Crippen LogP contribution in [0.3, 0.4) is 0 Å². The molecule has 1 fully saturated rings. The first kappa shape index (κ1) is 16.0. The number of rotatable bonds is 5. The first-order chi connectivity index (χ1) is 10.1. The number of halogens is 1. The molecule has 1 unspecified atom stereocenters. The topological polar surface area (TPSA) is 49.3 Å². The zero-order valence-corrected chi connectivity index (χ0v) is 12.6. The van der Waals surface area contributed by atoms with Crippen molar-refractivity contribution in [1.82, 2.24) is 5.32 Å². The number of hydrogen-bond acceptors (Lipinski definition) is 2. The second-order valence-electron chi connectivity index (χ2n) is 6.04. The zero-order valence-electron chi connectivity index (χ0n) is 12.6. The fourth-order valence-electron chi connectivity index (χ4n) is 3.22. The molecule has 1 aliphatic carbocycles. The van der Waals surface area contributed by atoms with Gasteiger partial charge in [-0.3, -0.25) is 4.79 Å². The maximum atomic E-state index is 13.6. The molecule has 1 amide bonds. The van der Waals surface area contributed by atoms with Crippen molar-refractivity contribution >= 4 is 5.91 Å². The summed E-state index contributed by atoms with van der Waals surface area (Å²) in [5.74, 6) is -0.331. The lowest BCUT2D eigenvalue weighted by Crippen LogP contribution is -2.48. The van der Waals surface area contributed by atoms with Crippen molar-refractivity contribution in [1.29, 1.82) is 0 Å². The van der Waals surface area contributed by atoms with Gasteiger partial charge in [0, 0.05) is 12.6 Å². The van der Waals surface area contributed by atoms with Crippen LogP contribution in [0.5, 0.6) is 0 Å². The molecule has 0 saturated heterocycles. The highest BCUT2D eigenvalue weighted by Gasteiger charge is 2.41. The van der Waals surface area contributed by atoms with E-state index in [0.29, 0.717) is 6.42 Å². The smallest absolute Gasteiger partial charge is 0.230 e. The highest BCUT2D eigenvalue weighted by atomic mass is 19.1. The van der Waals surface area contributed by atoms with Gasteiger partial charge in [0.1, 0.15) is 5.82 Å². The van der Waals surface area contributed by atoms with Crippen LogP contribution in [-0.2, 0) is 10.2 Å². The minimum atomic E-state index is -0.621. The average Bonchev–Trinajstić information content (AvgIpc) is 2.48. The SMILES string of the molecule is CC(CCO)NC(=O)C1(c2cccc(F)c2)CCCCC1. The number of aliphatic hydroxyl groups excluding tert-OH is 1. The van der Waals surface area contributed by atoms with E-state index in [4.69, 9.17) is 5.11 Å². The predicted molar refractivity (Wildman–Crippen MR) is 80.5 cm³/mol. The number of aliphatic hydroxyl groups is 1. The molecular formula is C17H24FNO2. The Bertz CT molecular complexity index is 483. The van der Waals surface area contributed by atoms with Gasteiger partial charge < -0.3 is 10.4 Å². The largest absolute Gasteiger partial charge is 0.396 e. The molecule has 2 rings (SSSR count). The molecule has 0 aromatic heterocycles. The van der Waals surface area contributed by atoms with E-state index in [1.54, 1.807) is 6.07 Å². The molecular weight excluding hydrogens is 269 g/mol. The van der Waals surface area contributed by atoms with Crippen LogP contribution in [0.2, 0.25) is 0 Å². The van der Waals surface area contributed by atoms with Crippen LogP contribution in [0.1, 0.15) is 51.0 Å². The number of amides is 1. The Morgan fingerprint density at radius 1 is 1.38 bits per heavy atom. The van der Waals surface area contributed by atoms with Crippen LogP contribution < -0.4 is 5.32 Å². The van der Waals surface area contributed by atoms with Crippen LogP contribution in [0, 0.1) is 5.82 Å². The molecule has 1 atom stereocenters. The van der Waals surface area contributed by atoms with E-state index in [1.807, 2.05) is 13.0 Å². The Morgan fingerprint density at radius 3 is 2.71 bits per heavy atom. The second-order valence-corrected chi connectivity index (χ2v) is 6.04. The molecule has 0 bridgehead atoms. The molecule has 1 aromatic carbocycles. The summed E-state index contributed by atoms with van der Waals surface area (Å²) in [7, 11) is 0. The molecule has 0 heterocycles. The van der Waals surface area contributed by atoms with Gasteiger partial charge in [0.2, 0.25) is 5.91 Å². The van der Waals surface area contributed by atoms with Crippen molar-refractivity contribution in [2.45, 2.75) is 56.9 Å². The molecule has 116 valence electrons. The van der Waals surface area contributed by atoms with Crippen LogP contribution in [0.25, 0.3) is 0 Å². The number of nitrogens with one attached hydrogen (secondary N) is 1. The van der Waals surface area contributed by atoms with Gasteiger partial charge >= 0.3 is 0 Å². The van der Waals surface area contributed by atoms with Crippen molar-refractivity contribution in [3.05, 3.63) is 35.6 Å². The van der Waals surface area contributed by atoms with E-state index in [1.165, 1.54) is 12.1 Å². The summed E-state index contributed by atoms with van der Waals surface area (Å²) < 4.78 is 13.6. The highest BCUT2D eigenvalue weighted by molar-refractivity contribution is 5.88. The Morgan fingerprint density at radius 2 is 2.10 bits per heavy atom. The lowest BCUT2D eigenvalue weighted by atomic mass is 9.68. The Kier molecular flexibility index (Phi) is 5.34. The molecule has 2 N–H and O–H groups in total. The van der Waals surface area contributed by atoms with Gasteiger partial charge in [-0.15, -0.1) is 0 Å². The second kappa shape index (κ2) is 7.03. The zero-order chi connectivity index (χ0) is 15.3. The number of carbonyl (C=O) groups excluding carboxylic acids is 1. The van der Waals surface area contributed by atoms with Crippen molar-refractivity contribution in [3.63, 3.8) is 0 Å². The third-order valence-corrected chi connectivity index (χ3v) is 4.46. The molecule has 1 aromatic rings. The van der Waals surface area contributed by atoms with E-state index < -0.39 is 5.41 Å². The summed E-state index contributed by atoms with van der Waals surface area (Å²) in [4.78, 5) is 12.8. The molecule has 0 spiro atoms. The van der Waals surface area contributed by atoms with Gasteiger partial charge in [-0.25, -0.2) is 4.39 Å². The summed E-state index contributed by atoms with van der Waals surface area (Å²) in [6, 6.07) is 6.35. The molecule has 1 aliphatic rings. The summed E-state index contributed by atoms with van der Waals surface area (Å²) in [5.41, 5.74) is 0.153. The van der Waals surface area contributed by atoms with Crippen molar-refractivity contribution in [2.24, 2.45) is 0 Å². The first-order valence-electron chi connectivity index (χ1n) is 7.76. The van der Waals surface area contributed by atoms with E-state index in [9.17, 15) is 9.18 Å². The molecule has 1 saturated carbocycles. The summed E-state index contributed by atoms with van der Waals surface area (Å²) in [5, 5.41) is 12.0. The molecule has 0 aliphatic heterocycles. The molecule has 21 heavy (non-hydrogen) atoms. The predicted octanol–water partition coefficient (Wildman–Crippen LogP) is 2.91. The fourth-order valence-corrected chi connectivity index (χ4v) is 3.22. The van der Waals surface area contributed by atoms with Crippen molar-refractivity contribution < 1.29 is 14.3 Å². The minimum Gasteiger partial charge on any atom is -0.396 e. The monoisotopic (exact) mass is 293 g/mol. The first-order valence-corrected chi connectivity index (χ1v) is 7.76. The van der Waals surface area contributed by atoms with Crippen LogP contribution in [-0.4, -0.2) is 23.7 Å².